The third-order valence-electron chi connectivity index (χ3n) is 4.90. The molecule has 5 rings (SSSR count). The molecule has 0 saturated carbocycles. The molecule has 0 radical (unpaired) electrons. The fraction of sp³-hybridized carbons (Fsp3) is 0.222. The fourth-order valence-electron chi connectivity index (χ4n) is 3.44. The lowest BCUT2D eigenvalue weighted by molar-refractivity contribution is 0.561. The lowest BCUT2D eigenvalue weighted by atomic mass is 10.3. The minimum Gasteiger partial charge on any atom is -0.354 e. The molecule has 29 heavy (non-hydrogen) atoms. The molecule has 0 bridgehead atoms. The van der Waals surface area contributed by atoms with Crippen molar-refractivity contribution in [3.8, 4) is 5.69 Å². The van der Waals surface area contributed by atoms with Crippen LogP contribution in [0.15, 0.2) is 66.1 Å². The van der Waals surface area contributed by atoms with E-state index in [-0.39, 0.29) is 10.9 Å². The van der Waals surface area contributed by atoms with Gasteiger partial charge in [-0.05, 0) is 48.9 Å². The molecule has 1 saturated heterocycles. The van der Waals surface area contributed by atoms with Gasteiger partial charge in [-0.3, -0.25) is 0 Å². The summed E-state index contributed by atoms with van der Waals surface area (Å²) >= 11 is 0. The summed E-state index contributed by atoms with van der Waals surface area (Å²) in [4.78, 5) is 2.28. The lowest BCUT2D eigenvalue weighted by Gasteiger charge is -2.18. The molecule has 0 spiro atoms. The number of rotatable bonds is 5. The van der Waals surface area contributed by atoms with Crippen LogP contribution in [0.4, 0.5) is 5.82 Å². The number of nitrogens with one attached hydrogen (secondary N) is 1. The molecule has 0 aliphatic carbocycles. The van der Waals surface area contributed by atoms with E-state index in [1.807, 2.05) is 23.1 Å². The Morgan fingerprint density at radius 1 is 1.10 bits per heavy atom. The smallest absolute Gasteiger partial charge is 0.240 e. The topological polar surface area (TPSA) is 110 Å². The highest BCUT2D eigenvalue weighted by atomic mass is 32.2. The Hall–Kier alpha value is -3.31. The quantitative estimate of drug-likeness (QED) is 0.520. The first kappa shape index (κ1) is 17.8. The second-order valence-electron chi connectivity index (χ2n) is 6.82. The van der Waals surface area contributed by atoms with Gasteiger partial charge in [-0.15, -0.1) is 15.3 Å². The molecule has 148 valence electrons. The van der Waals surface area contributed by atoms with Gasteiger partial charge < -0.3 is 4.90 Å². The van der Waals surface area contributed by atoms with Gasteiger partial charge in [0.25, 0.3) is 0 Å². The summed E-state index contributed by atoms with van der Waals surface area (Å²) in [5.41, 5.74) is 1.47. The number of benzene rings is 1. The monoisotopic (exact) mass is 410 g/mol. The number of anilines is 1. The molecule has 3 aromatic heterocycles. The van der Waals surface area contributed by atoms with E-state index >= 15 is 0 Å². The van der Waals surface area contributed by atoms with E-state index in [2.05, 4.69) is 25.1 Å². The van der Waals surface area contributed by atoms with Crippen LogP contribution in [-0.4, -0.2) is 57.1 Å². The molecule has 1 fully saturated rings. The number of aromatic nitrogens is 6. The maximum atomic E-state index is 12.8. The summed E-state index contributed by atoms with van der Waals surface area (Å²) in [6, 6.07) is 12.0. The Kier molecular flexibility index (Phi) is 4.25. The molecule has 1 atom stereocenters. The third kappa shape index (κ3) is 3.45. The maximum Gasteiger partial charge on any atom is 0.240 e. The van der Waals surface area contributed by atoms with Gasteiger partial charge in [0.2, 0.25) is 10.0 Å². The van der Waals surface area contributed by atoms with Gasteiger partial charge in [-0.2, -0.15) is 9.61 Å². The highest BCUT2D eigenvalue weighted by molar-refractivity contribution is 7.89. The Bertz CT molecular complexity index is 1230. The van der Waals surface area contributed by atoms with Gasteiger partial charge in [0, 0.05) is 31.5 Å². The standard InChI is InChI=1S/C18H18N8O2S/c27-29(28,16-4-2-15(3-5-16)25-10-1-9-20-25)23-14-8-11-24(12-14)18-7-6-17-21-19-13-26(17)22-18/h1-7,9-10,13-14,23H,8,11-12H2/t14-/m1/s1. The number of hydrogen-bond donors (Lipinski definition) is 1. The number of nitrogens with zero attached hydrogens (tertiary/aromatic N) is 7. The van der Waals surface area contributed by atoms with Gasteiger partial charge in [-0.1, -0.05) is 0 Å². The molecular formula is C18H18N8O2S. The van der Waals surface area contributed by atoms with Crippen molar-refractivity contribution < 1.29 is 8.42 Å². The summed E-state index contributed by atoms with van der Waals surface area (Å²) in [6.07, 6.45) is 5.72. The van der Waals surface area contributed by atoms with E-state index in [1.165, 1.54) is 0 Å². The van der Waals surface area contributed by atoms with Crippen molar-refractivity contribution in [1.29, 1.82) is 0 Å². The van der Waals surface area contributed by atoms with Crippen LogP contribution in [-0.2, 0) is 10.0 Å². The van der Waals surface area contributed by atoms with Crippen molar-refractivity contribution in [2.24, 2.45) is 0 Å². The number of fused-ring (bicyclic) bond motifs is 1. The third-order valence-corrected chi connectivity index (χ3v) is 6.43. The van der Waals surface area contributed by atoms with Crippen LogP contribution in [0.2, 0.25) is 0 Å². The van der Waals surface area contributed by atoms with Crippen LogP contribution in [0.5, 0.6) is 0 Å². The van der Waals surface area contributed by atoms with Crippen LogP contribution in [0.1, 0.15) is 6.42 Å². The highest BCUT2D eigenvalue weighted by Gasteiger charge is 2.28. The molecule has 4 heterocycles. The first-order chi connectivity index (χ1) is 14.1. The SMILES string of the molecule is O=S(=O)(N[C@@H]1CCN(c2ccc3nncn3n2)C1)c1ccc(-n2cccn2)cc1. The number of hydrogen-bond acceptors (Lipinski definition) is 7. The molecular weight excluding hydrogens is 392 g/mol. The van der Waals surface area contributed by atoms with E-state index in [0.717, 1.165) is 11.5 Å². The van der Waals surface area contributed by atoms with Crippen molar-refractivity contribution in [3.05, 3.63) is 61.2 Å². The van der Waals surface area contributed by atoms with Crippen molar-refractivity contribution in [3.63, 3.8) is 0 Å². The zero-order chi connectivity index (χ0) is 19.8. The molecule has 4 aromatic rings. The normalized spacial score (nSPS) is 17.2. The van der Waals surface area contributed by atoms with Crippen LogP contribution >= 0.6 is 0 Å². The largest absolute Gasteiger partial charge is 0.354 e. The molecule has 1 aliphatic rings. The van der Waals surface area contributed by atoms with Crippen molar-refractivity contribution in [2.75, 3.05) is 18.0 Å². The van der Waals surface area contributed by atoms with Crippen LogP contribution in [0.3, 0.4) is 0 Å². The minimum atomic E-state index is -3.61. The van der Waals surface area contributed by atoms with Crippen molar-refractivity contribution in [2.45, 2.75) is 17.4 Å². The summed E-state index contributed by atoms with van der Waals surface area (Å²) in [7, 11) is -3.61. The van der Waals surface area contributed by atoms with Gasteiger partial charge in [0.1, 0.15) is 12.1 Å². The second kappa shape index (κ2) is 6.94. The van der Waals surface area contributed by atoms with Crippen LogP contribution in [0.25, 0.3) is 11.3 Å². The summed E-state index contributed by atoms with van der Waals surface area (Å²) < 4.78 is 31.7. The van der Waals surface area contributed by atoms with E-state index in [4.69, 9.17) is 0 Å². The van der Waals surface area contributed by atoms with E-state index in [9.17, 15) is 8.42 Å². The Morgan fingerprint density at radius 2 is 1.97 bits per heavy atom. The van der Waals surface area contributed by atoms with Gasteiger partial charge in [0.05, 0.1) is 10.6 Å². The van der Waals surface area contributed by atoms with Crippen molar-refractivity contribution >= 4 is 21.5 Å². The minimum absolute atomic E-state index is 0.191. The molecule has 1 aliphatic heterocycles. The zero-order valence-electron chi connectivity index (χ0n) is 15.3. The zero-order valence-corrected chi connectivity index (χ0v) is 16.1. The van der Waals surface area contributed by atoms with E-state index in [1.54, 1.807) is 52.2 Å². The van der Waals surface area contributed by atoms with E-state index in [0.29, 0.717) is 25.2 Å². The van der Waals surface area contributed by atoms with Crippen molar-refractivity contribution in [1.82, 2.24) is 34.3 Å². The fourth-order valence-corrected chi connectivity index (χ4v) is 4.70. The first-order valence-corrected chi connectivity index (χ1v) is 10.6. The molecule has 0 amide bonds. The first-order valence-electron chi connectivity index (χ1n) is 9.13. The van der Waals surface area contributed by atoms with Gasteiger partial charge in [-0.25, -0.2) is 17.8 Å². The average molecular weight is 410 g/mol. The molecule has 0 unspecified atom stereocenters. The summed E-state index contributed by atoms with van der Waals surface area (Å²) in [6.45, 7) is 1.26. The van der Waals surface area contributed by atoms with E-state index < -0.39 is 10.0 Å². The predicted molar refractivity (Wildman–Crippen MR) is 105 cm³/mol. The number of sulfonamides is 1. The predicted octanol–water partition coefficient (Wildman–Crippen LogP) is 0.867. The highest BCUT2D eigenvalue weighted by Crippen LogP contribution is 2.20. The van der Waals surface area contributed by atoms with Crippen LogP contribution < -0.4 is 9.62 Å². The Labute approximate surface area is 166 Å². The Balaban J connectivity index is 1.28. The van der Waals surface area contributed by atoms with Crippen LogP contribution in [0, 0.1) is 0 Å². The molecule has 10 nitrogen and oxygen atoms in total. The van der Waals surface area contributed by atoms with Gasteiger partial charge in [0.15, 0.2) is 5.65 Å². The maximum absolute atomic E-state index is 12.8. The average Bonchev–Trinajstić information content (AvgIpc) is 3.48. The second-order valence-corrected chi connectivity index (χ2v) is 8.54. The molecule has 1 N–H and O–H groups in total. The summed E-state index contributed by atoms with van der Waals surface area (Å²) in [5.74, 6) is 0.766. The summed E-state index contributed by atoms with van der Waals surface area (Å²) in [5, 5.41) is 16.4. The van der Waals surface area contributed by atoms with Gasteiger partial charge >= 0.3 is 0 Å². The Morgan fingerprint density at radius 3 is 2.76 bits per heavy atom. The lowest BCUT2D eigenvalue weighted by Crippen LogP contribution is -2.37. The molecule has 11 heteroatoms. The molecule has 1 aromatic carbocycles.